The number of carbonyl (C=O) groups is 1. The van der Waals surface area contributed by atoms with Crippen molar-refractivity contribution in [2.75, 3.05) is 6.54 Å². The summed E-state index contributed by atoms with van der Waals surface area (Å²) in [6, 6.07) is 0.417. The van der Waals surface area contributed by atoms with E-state index in [4.69, 9.17) is 10.8 Å². The van der Waals surface area contributed by atoms with E-state index in [2.05, 4.69) is 5.10 Å². The summed E-state index contributed by atoms with van der Waals surface area (Å²) in [6.45, 7) is 0.774. The third-order valence-electron chi connectivity index (χ3n) is 3.53. The molecule has 0 radical (unpaired) electrons. The number of rotatable bonds is 4. The van der Waals surface area contributed by atoms with Crippen LogP contribution < -0.4 is 5.73 Å². The lowest BCUT2D eigenvalue weighted by Crippen LogP contribution is -2.23. The highest BCUT2D eigenvalue weighted by atomic mass is 16.4. The molecule has 1 fully saturated rings. The second-order valence-corrected chi connectivity index (χ2v) is 4.81. The topological polar surface area (TPSA) is 81.1 Å². The van der Waals surface area contributed by atoms with Gasteiger partial charge in [0, 0.05) is 11.8 Å². The van der Waals surface area contributed by atoms with Gasteiger partial charge < -0.3 is 10.8 Å². The molecule has 0 spiro atoms. The molecule has 1 aromatic heterocycles. The molecule has 0 bridgehead atoms. The van der Waals surface area contributed by atoms with Crippen molar-refractivity contribution < 1.29 is 9.90 Å². The van der Waals surface area contributed by atoms with Gasteiger partial charge >= 0.3 is 5.97 Å². The Labute approximate surface area is 101 Å². The fourth-order valence-electron chi connectivity index (χ4n) is 2.49. The van der Waals surface area contributed by atoms with Gasteiger partial charge in [0.2, 0.25) is 0 Å². The number of carboxylic acid groups (broad SMARTS) is 1. The maximum Gasteiger partial charge on any atom is 0.307 e. The standard InChI is InChI=1S/C12H19N3O2/c13-6-9-1-3-11(4-2-9)15-8-10(7-14-15)5-12(16)17/h7-9,11H,1-6,13H2,(H,16,17). The fraction of sp³-hybridized carbons (Fsp3) is 0.667. The molecule has 94 valence electrons. The maximum absolute atomic E-state index is 10.6. The summed E-state index contributed by atoms with van der Waals surface area (Å²) < 4.78 is 1.92. The quantitative estimate of drug-likeness (QED) is 0.824. The van der Waals surface area contributed by atoms with Crippen molar-refractivity contribution in [2.45, 2.75) is 38.1 Å². The second kappa shape index (κ2) is 5.31. The molecule has 1 aliphatic rings. The van der Waals surface area contributed by atoms with Crippen LogP contribution in [0.3, 0.4) is 0 Å². The first kappa shape index (κ1) is 12.1. The largest absolute Gasteiger partial charge is 0.481 e. The van der Waals surface area contributed by atoms with Crippen LogP contribution in [0.5, 0.6) is 0 Å². The van der Waals surface area contributed by atoms with Gasteiger partial charge in [0.15, 0.2) is 0 Å². The zero-order chi connectivity index (χ0) is 12.3. The Bertz CT molecular complexity index is 381. The molecule has 1 heterocycles. The molecular formula is C12H19N3O2. The summed E-state index contributed by atoms with van der Waals surface area (Å²) in [5, 5.41) is 13.0. The normalized spacial score (nSPS) is 24.8. The highest BCUT2D eigenvalue weighted by Gasteiger charge is 2.22. The number of nitrogens with two attached hydrogens (primary N) is 1. The Balaban J connectivity index is 1.94. The summed E-state index contributed by atoms with van der Waals surface area (Å²) in [7, 11) is 0. The van der Waals surface area contributed by atoms with Crippen LogP contribution in [0.4, 0.5) is 0 Å². The summed E-state index contributed by atoms with van der Waals surface area (Å²) in [5.41, 5.74) is 6.43. The Morgan fingerprint density at radius 3 is 2.76 bits per heavy atom. The first-order valence-electron chi connectivity index (χ1n) is 6.14. The van der Waals surface area contributed by atoms with Crippen molar-refractivity contribution in [3.63, 3.8) is 0 Å². The fourth-order valence-corrected chi connectivity index (χ4v) is 2.49. The first-order chi connectivity index (χ1) is 8.19. The van der Waals surface area contributed by atoms with Gasteiger partial charge in [-0.3, -0.25) is 9.48 Å². The van der Waals surface area contributed by atoms with Gasteiger partial charge in [-0.15, -0.1) is 0 Å². The molecule has 0 saturated heterocycles. The van der Waals surface area contributed by atoms with Gasteiger partial charge in [-0.05, 0) is 38.1 Å². The highest BCUT2D eigenvalue weighted by molar-refractivity contribution is 5.69. The molecule has 0 atom stereocenters. The van der Waals surface area contributed by atoms with Crippen LogP contribution in [0, 0.1) is 5.92 Å². The number of carboxylic acids is 1. The minimum Gasteiger partial charge on any atom is -0.481 e. The van der Waals surface area contributed by atoms with Crippen LogP contribution in [0.15, 0.2) is 12.4 Å². The zero-order valence-corrected chi connectivity index (χ0v) is 9.88. The van der Waals surface area contributed by atoms with Gasteiger partial charge in [-0.2, -0.15) is 5.10 Å². The minimum atomic E-state index is -0.809. The third kappa shape index (κ3) is 3.06. The molecule has 0 aliphatic heterocycles. The molecule has 3 N–H and O–H groups in total. The molecule has 5 nitrogen and oxygen atoms in total. The Hall–Kier alpha value is -1.36. The predicted molar refractivity (Wildman–Crippen MR) is 63.6 cm³/mol. The van der Waals surface area contributed by atoms with Crippen LogP contribution in [0.1, 0.15) is 37.3 Å². The number of hydrogen-bond donors (Lipinski definition) is 2. The average Bonchev–Trinajstić information content (AvgIpc) is 2.77. The van der Waals surface area contributed by atoms with E-state index < -0.39 is 5.97 Å². The molecule has 0 aromatic carbocycles. The SMILES string of the molecule is NCC1CCC(n2cc(CC(=O)O)cn2)CC1. The smallest absolute Gasteiger partial charge is 0.307 e. The van der Waals surface area contributed by atoms with E-state index in [0.717, 1.165) is 37.8 Å². The molecular weight excluding hydrogens is 218 g/mol. The average molecular weight is 237 g/mol. The van der Waals surface area contributed by atoms with Crippen molar-refractivity contribution in [1.29, 1.82) is 0 Å². The van der Waals surface area contributed by atoms with E-state index in [9.17, 15) is 4.79 Å². The summed E-state index contributed by atoms with van der Waals surface area (Å²) in [5.74, 6) is -0.156. The summed E-state index contributed by atoms with van der Waals surface area (Å²) in [6.07, 6.45) is 8.06. The number of aromatic nitrogens is 2. The van der Waals surface area contributed by atoms with Crippen LogP contribution >= 0.6 is 0 Å². The minimum absolute atomic E-state index is 0.0537. The van der Waals surface area contributed by atoms with Crippen LogP contribution in [-0.2, 0) is 11.2 Å². The Morgan fingerprint density at radius 1 is 1.47 bits per heavy atom. The van der Waals surface area contributed by atoms with E-state index >= 15 is 0 Å². The first-order valence-corrected chi connectivity index (χ1v) is 6.14. The predicted octanol–water partition coefficient (Wildman–Crippen LogP) is 1.20. The number of hydrogen-bond acceptors (Lipinski definition) is 3. The lowest BCUT2D eigenvalue weighted by atomic mass is 9.86. The summed E-state index contributed by atoms with van der Waals surface area (Å²) in [4.78, 5) is 10.6. The third-order valence-corrected chi connectivity index (χ3v) is 3.53. The van der Waals surface area contributed by atoms with Crippen molar-refractivity contribution in [3.8, 4) is 0 Å². The number of nitrogens with zero attached hydrogens (tertiary/aromatic N) is 2. The maximum atomic E-state index is 10.6. The van der Waals surface area contributed by atoms with Crippen molar-refractivity contribution in [3.05, 3.63) is 18.0 Å². The second-order valence-electron chi connectivity index (χ2n) is 4.81. The molecule has 1 aromatic rings. The highest BCUT2D eigenvalue weighted by Crippen LogP contribution is 2.31. The van der Waals surface area contributed by atoms with E-state index in [0.29, 0.717) is 12.0 Å². The van der Waals surface area contributed by atoms with Crippen LogP contribution in [-0.4, -0.2) is 27.4 Å². The molecule has 17 heavy (non-hydrogen) atoms. The van der Waals surface area contributed by atoms with E-state index in [1.807, 2.05) is 10.9 Å². The lowest BCUT2D eigenvalue weighted by molar-refractivity contribution is -0.136. The Kier molecular flexibility index (Phi) is 3.78. The zero-order valence-electron chi connectivity index (χ0n) is 9.88. The van der Waals surface area contributed by atoms with Gasteiger partial charge in [-0.1, -0.05) is 0 Å². The van der Waals surface area contributed by atoms with E-state index in [1.54, 1.807) is 6.20 Å². The van der Waals surface area contributed by atoms with Crippen molar-refractivity contribution >= 4 is 5.97 Å². The molecule has 1 aliphatic carbocycles. The van der Waals surface area contributed by atoms with Crippen molar-refractivity contribution in [2.24, 2.45) is 11.7 Å². The number of aliphatic carboxylic acids is 1. The van der Waals surface area contributed by atoms with E-state index in [1.165, 1.54) is 0 Å². The molecule has 0 amide bonds. The lowest BCUT2D eigenvalue weighted by Gasteiger charge is -2.27. The molecule has 5 heteroatoms. The van der Waals surface area contributed by atoms with Crippen molar-refractivity contribution in [1.82, 2.24) is 9.78 Å². The molecule has 2 rings (SSSR count). The van der Waals surface area contributed by atoms with Crippen LogP contribution in [0.2, 0.25) is 0 Å². The van der Waals surface area contributed by atoms with Gasteiger partial charge in [0.25, 0.3) is 0 Å². The van der Waals surface area contributed by atoms with Gasteiger partial charge in [0.1, 0.15) is 0 Å². The monoisotopic (exact) mass is 237 g/mol. The van der Waals surface area contributed by atoms with Gasteiger partial charge in [-0.25, -0.2) is 0 Å². The summed E-state index contributed by atoms with van der Waals surface area (Å²) >= 11 is 0. The Morgan fingerprint density at radius 2 is 2.18 bits per heavy atom. The molecule has 0 unspecified atom stereocenters. The van der Waals surface area contributed by atoms with E-state index in [-0.39, 0.29) is 6.42 Å². The van der Waals surface area contributed by atoms with Crippen LogP contribution in [0.25, 0.3) is 0 Å². The molecule has 1 saturated carbocycles. The van der Waals surface area contributed by atoms with Gasteiger partial charge in [0.05, 0.1) is 18.7 Å².